The van der Waals surface area contributed by atoms with Gasteiger partial charge >= 0.3 is 0 Å². The molecule has 2 aliphatic rings. The van der Waals surface area contributed by atoms with Crippen LogP contribution < -0.4 is 15.1 Å². The number of aromatic nitrogens is 2. The molecule has 1 aliphatic carbocycles. The summed E-state index contributed by atoms with van der Waals surface area (Å²) >= 11 is 2.73. The number of nitrogens with one attached hydrogen (secondary N) is 1. The van der Waals surface area contributed by atoms with E-state index in [1.807, 2.05) is 38.1 Å². The van der Waals surface area contributed by atoms with Gasteiger partial charge in [0.05, 0.1) is 18.5 Å². The van der Waals surface area contributed by atoms with E-state index in [0.717, 1.165) is 50.5 Å². The lowest BCUT2D eigenvalue weighted by atomic mass is 10.2. The van der Waals surface area contributed by atoms with Crippen molar-refractivity contribution in [2.75, 3.05) is 41.4 Å². The summed E-state index contributed by atoms with van der Waals surface area (Å²) in [6.07, 6.45) is 2.47. The number of carbonyl (C=O) groups is 2. The predicted octanol–water partition coefficient (Wildman–Crippen LogP) is 3.40. The first-order valence-electron chi connectivity index (χ1n) is 10.6. The molecule has 0 unspecified atom stereocenters. The summed E-state index contributed by atoms with van der Waals surface area (Å²) < 4.78 is 6.08. The van der Waals surface area contributed by atoms with Crippen molar-refractivity contribution in [3.63, 3.8) is 0 Å². The van der Waals surface area contributed by atoms with Crippen LogP contribution in [0.25, 0.3) is 0 Å². The number of amides is 2. The lowest BCUT2D eigenvalue weighted by Gasteiger charge is -2.28. The fourth-order valence-electron chi connectivity index (χ4n) is 3.34. The van der Waals surface area contributed by atoms with Crippen LogP contribution in [0, 0.1) is 0 Å². The molecule has 2 amide bonds. The van der Waals surface area contributed by atoms with Crippen LogP contribution in [0.15, 0.2) is 28.6 Å². The van der Waals surface area contributed by atoms with Crippen molar-refractivity contribution in [2.45, 2.75) is 48.7 Å². The van der Waals surface area contributed by atoms with Gasteiger partial charge < -0.3 is 15.0 Å². The monoisotopic (exact) mass is 461 g/mol. The average Bonchev–Trinajstić information content (AvgIpc) is 3.53. The second kappa shape index (κ2) is 9.97. The molecule has 2 fully saturated rings. The van der Waals surface area contributed by atoms with E-state index in [1.165, 1.54) is 23.1 Å². The van der Waals surface area contributed by atoms with Gasteiger partial charge in [-0.2, -0.15) is 0 Å². The zero-order valence-electron chi connectivity index (χ0n) is 17.7. The molecular weight excluding hydrogens is 434 g/mol. The predicted molar refractivity (Wildman–Crippen MR) is 124 cm³/mol. The smallest absolute Gasteiger partial charge is 0.237 e. The van der Waals surface area contributed by atoms with E-state index in [-0.39, 0.29) is 23.1 Å². The molecule has 166 valence electrons. The highest BCUT2D eigenvalue weighted by Crippen LogP contribution is 2.37. The number of ether oxygens (including phenoxy) is 1. The van der Waals surface area contributed by atoms with Crippen molar-refractivity contribution < 1.29 is 14.3 Å². The number of benzene rings is 1. The first-order valence-corrected chi connectivity index (χ1v) is 12.3. The molecule has 31 heavy (non-hydrogen) atoms. The normalized spacial score (nSPS) is 17.3. The minimum absolute atomic E-state index is 0.0708. The average molecular weight is 462 g/mol. The number of carbonyl (C=O) groups excluding carboxylic acids is 2. The molecule has 2 aromatic rings. The van der Waals surface area contributed by atoms with Gasteiger partial charge in [0, 0.05) is 36.9 Å². The Kier molecular flexibility index (Phi) is 7.09. The topological polar surface area (TPSA) is 87.7 Å². The van der Waals surface area contributed by atoms with E-state index in [2.05, 4.69) is 20.4 Å². The quantitative estimate of drug-likeness (QED) is 0.476. The maximum Gasteiger partial charge on any atom is 0.237 e. The van der Waals surface area contributed by atoms with Crippen LogP contribution in [0.1, 0.15) is 33.1 Å². The summed E-state index contributed by atoms with van der Waals surface area (Å²) in [7, 11) is 0. The lowest BCUT2D eigenvalue weighted by molar-refractivity contribution is -0.118. The van der Waals surface area contributed by atoms with Crippen molar-refractivity contribution in [1.82, 2.24) is 10.2 Å². The van der Waals surface area contributed by atoms with E-state index < -0.39 is 0 Å². The number of thioether (sulfide) groups is 1. The number of hydrogen-bond acceptors (Lipinski definition) is 8. The number of anilines is 3. The highest BCUT2D eigenvalue weighted by Gasteiger charge is 2.35. The molecule has 4 rings (SSSR count). The number of rotatable bonds is 8. The highest BCUT2D eigenvalue weighted by molar-refractivity contribution is 8.02. The van der Waals surface area contributed by atoms with Crippen LogP contribution >= 0.6 is 23.1 Å². The number of morpholine rings is 1. The van der Waals surface area contributed by atoms with Gasteiger partial charge in [-0.15, -0.1) is 10.2 Å². The third-order valence-corrected chi connectivity index (χ3v) is 7.35. The van der Waals surface area contributed by atoms with Gasteiger partial charge in [-0.05, 0) is 44.0 Å². The molecule has 1 saturated heterocycles. The number of hydrogen-bond donors (Lipinski definition) is 1. The van der Waals surface area contributed by atoms with Gasteiger partial charge in [0.1, 0.15) is 0 Å². The molecule has 0 spiro atoms. The minimum atomic E-state index is -0.337. The van der Waals surface area contributed by atoms with Gasteiger partial charge in [-0.1, -0.05) is 30.0 Å². The van der Waals surface area contributed by atoms with Crippen LogP contribution in [0.4, 0.5) is 16.5 Å². The van der Waals surface area contributed by atoms with Crippen LogP contribution in [0.2, 0.25) is 0 Å². The maximum absolute atomic E-state index is 12.6. The third kappa shape index (κ3) is 5.55. The van der Waals surface area contributed by atoms with Gasteiger partial charge in [-0.25, -0.2) is 0 Å². The molecule has 10 heteroatoms. The molecule has 1 N–H and O–H groups in total. The molecule has 1 aliphatic heterocycles. The van der Waals surface area contributed by atoms with Crippen molar-refractivity contribution >= 4 is 51.4 Å². The third-order valence-electron chi connectivity index (χ3n) is 5.24. The summed E-state index contributed by atoms with van der Waals surface area (Å²) in [5, 5.41) is 11.7. The Labute approximate surface area is 190 Å². The Bertz CT molecular complexity index is 910. The zero-order valence-corrected chi connectivity index (χ0v) is 19.4. The van der Waals surface area contributed by atoms with Crippen molar-refractivity contribution in [1.29, 1.82) is 0 Å². The second-order valence-corrected chi connectivity index (χ2v) is 10.1. The first kappa shape index (κ1) is 22.0. The Balaban J connectivity index is 1.32. The Morgan fingerprint density at radius 2 is 1.97 bits per heavy atom. The van der Waals surface area contributed by atoms with Crippen molar-refractivity contribution in [3.8, 4) is 0 Å². The molecule has 1 aromatic carbocycles. The molecule has 0 radical (unpaired) electrons. The minimum Gasteiger partial charge on any atom is -0.378 e. The largest absolute Gasteiger partial charge is 0.378 e. The fraction of sp³-hybridized carbons (Fsp3) is 0.524. The standard InChI is InChI=1S/C21H27N5O3S2/c1-3-18(27)26(17-8-9-17)20-23-24-21(31-20)30-14(2)19(28)22-15-4-6-16(7-5-15)25-10-12-29-13-11-25/h4-7,14,17H,3,8-13H2,1-2H3,(H,22,28)/t14-/m1/s1. The van der Waals surface area contributed by atoms with Crippen LogP contribution in [-0.4, -0.2) is 59.6 Å². The van der Waals surface area contributed by atoms with Gasteiger partial charge in [-0.3, -0.25) is 14.5 Å². The Morgan fingerprint density at radius 3 is 2.61 bits per heavy atom. The van der Waals surface area contributed by atoms with Gasteiger partial charge in [0.25, 0.3) is 0 Å². The molecule has 2 heterocycles. The van der Waals surface area contributed by atoms with Crippen molar-refractivity contribution in [3.05, 3.63) is 24.3 Å². The molecule has 8 nitrogen and oxygen atoms in total. The van der Waals surface area contributed by atoms with Crippen LogP contribution in [0.3, 0.4) is 0 Å². The Morgan fingerprint density at radius 1 is 1.26 bits per heavy atom. The van der Waals surface area contributed by atoms with Gasteiger partial charge in [0.2, 0.25) is 16.9 Å². The molecule has 0 bridgehead atoms. The fourth-order valence-corrected chi connectivity index (χ4v) is 5.42. The molecular formula is C21H27N5O3S2. The molecule has 1 atom stereocenters. The summed E-state index contributed by atoms with van der Waals surface area (Å²) in [5.41, 5.74) is 1.90. The summed E-state index contributed by atoms with van der Waals surface area (Å²) in [5.74, 6) is -0.0222. The highest BCUT2D eigenvalue weighted by atomic mass is 32.2. The first-order chi connectivity index (χ1) is 15.0. The number of nitrogens with zero attached hydrogens (tertiary/aromatic N) is 4. The maximum atomic E-state index is 12.6. The van der Waals surface area contributed by atoms with E-state index in [9.17, 15) is 9.59 Å². The van der Waals surface area contributed by atoms with Crippen molar-refractivity contribution in [2.24, 2.45) is 0 Å². The SMILES string of the molecule is CCC(=O)N(c1nnc(S[C@H](C)C(=O)Nc2ccc(N3CCOCC3)cc2)s1)C1CC1. The summed E-state index contributed by atoms with van der Waals surface area (Å²) in [4.78, 5) is 28.9. The van der Waals surface area contributed by atoms with E-state index >= 15 is 0 Å². The second-order valence-electron chi connectivity index (χ2n) is 7.59. The Hall–Kier alpha value is -2.17. The van der Waals surface area contributed by atoms with E-state index in [1.54, 1.807) is 4.90 Å². The van der Waals surface area contributed by atoms with E-state index in [4.69, 9.17) is 4.74 Å². The van der Waals surface area contributed by atoms with Crippen LogP contribution in [0.5, 0.6) is 0 Å². The summed E-state index contributed by atoms with van der Waals surface area (Å²) in [6.45, 7) is 6.95. The lowest BCUT2D eigenvalue weighted by Crippen LogP contribution is -2.36. The summed E-state index contributed by atoms with van der Waals surface area (Å²) in [6, 6.07) is 8.14. The molecule has 1 saturated carbocycles. The van der Waals surface area contributed by atoms with Gasteiger partial charge in [0.15, 0.2) is 4.34 Å². The zero-order chi connectivity index (χ0) is 21.8. The van der Waals surface area contributed by atoms with Crippen LogP contribution in [-0.2, 0) is 14.3 Å². The molecule has 1 aromatic heterocycles. The van der Waals surface area contributed by atoms with E-state index in [0.29, 0.717) is 15.9 Å².